The number of likely N-dealkylation sites (tertiary alicyclic amines) is 1. The average Bonchev–Trinajstić information content (AvgIpc) is 3.29. The van der Waals surface area contributed by atoms with Gasteiger partial charge < -0.3 is 20.9 Å². The lowest BCUT2D eigenvalue weighted by atomic mass is 10.2. The number of nitrogens with zero attached hydrogens (tertiary/aromatic N) is 8. The fraction of sp³-hybridized carbons (Fsp3) is 0.375. The Kier molecular flexibility index (Phi) is 5.64. The molecule has 0 radical (unpaired) electrons. The molecule has 1 saturated heterocycles. The standard InChI is InChI=1S/C24H27N11/c25-13-19-14-27-24-21(30-17-3-4-17)12-23(32-35(19)24)31-18-5-6-20(22(11-18)34-15-28-29-16-34)26-7-10-33-8-1-2-9-33/h5-6,11-12,14-17,26,30H,1-4,7-10H2,(H,31,32). The molecule has 1 aromatic carbocycles. The SMILES string of the molecule is N#Cc1cnc2c(NC3CC3)cc(Nc3ccc(NCCN4CCCC4)c(-n4cnnc4)c3)nn12. The number of nitrogens with one attached hydrogen (secondary N) is 3. The number of hydrogen-bond donors (Lipinski definition) is 3. The van der Waals surface area contributed by atoms with Gasteiger partial charge in [-0.1, -0.05) is 0 Å². The summed E-state index contributed by atoms with van der Waals surface area (Å²) in [5.74, 6) is 0.625. The zero-order valence-electron chi connectivity index (χ0n) is 19.4. The zero-order chi connectivity index (χ0) is 23.6. The van der Waals surface area contributed by atoms with Gasteiger partial charge in [-0.15, -0.1) is 15.3 Å². The van der Waals surface area contributed by atoms with Crippen LogP contribution in [0.15, 0.2) is 43.1 Å². The van der Waals surface area contributed by atoms with Crippen LogP contribution < -0.4 is 16.0 Å². The largest absolute Gasteiger partial charge is 0.382 e. The third kappa shape index (κ3) is 4.61. The van der Waals surface area contributed by atoms with E-state index in [1.807, 2.05) is 22.8 Å². The van der Waals surface area contributed by atoms with E-state index in [1.165, 1.54) is 25.9 Å². The first-order chi connectivity index (χ1) is 17.3. The van der Waals surface area contributed by atoms with E-state index in [0.29, 0.717) is 23.2 Å². The van der Waals surface area contributed by atoms with Crippen LogP contribution in [0.5, 0.6) is 0 Å². The molecule has 0 bridgehead atoms. The molecule has 0 spiro atoms. The summed E-state index contributed by atoms with van der Waals surface area (Å²) in [6, 6.07) is 10.7. The van der Waals surface area contributed by atoms with Crippen molar-refractivity contribution < 1.29 is 0 Å². The Morgan fingerprint density at radius 1 is 1.06 bits per heavy atom. The van der Waals surface area contributed by atoms with Crippen LogP contribution in [0.25, 0.3) is 11.3 Å². The highest BCUT2D eigenvalue weighted by Crippen LogP contribution is 2.30. The van der Waals surface area contributed by atoms with E-state index in [-0.39, 0.29) is 0 Å². The molecule has 6 rings (SSSR count). The molecule has 3 aromatic heterocycles. The van der Waals surface area contributed by atoms with E-state index >= 15 is 0 Å². The van der Waals surface area contributed by atoms with Gasteiger partial charge in [-0.25, -0.2) is 4.98 Å². The van der Waals surface area contributed by atoms with Crippen molar-refractivity contribution in [1.29, 1.82) is 5.26 Å². The Balaban J connectivity index is 1.28. The van der Waals surface area contributed by atoms with Crippen molar-refractivity contribution in [2.45, 2.75) is 31.7 Å². The molecule has 0 amide bonds. The lowest BCUT2D eigenvalue weighted by molar-refractivity contribution is 0.352. The molecule has 0 unspecified atom stereocenters. The number of nitriles is 1. The smallest absolute Gasteiger partial charge is 0.178 e. The predicted molar refractivity (Wildman–Crippen MR) is 133 cm³/mol. The first-order valence-electron chi connectivity index (χ1n) is 12.0. The maximum absolute atomic E-state index is 9.49. The fourth-order valence-corrected chi connectivity index (χ4v) is 4.46. The predicted octanol–water partition coefficient (Wildman–Crippen LogP) is 3.01. The molecule has 3 N–H and O–H groups in total. The van der Waals surface area contributed by atoms with E-state index in [9.17, 15) is 5.26 Å². The second-order valence-corrected chi connectivity index (χ2v) is 9.05. The van der Waals surface area contributed by atoms with Gasteiger partial charge in [0.05, 0.1) is 23.3 Å². The zero-order valence-corrected chi connectivity index (χ0v) is 19.4. The van der Waals surface area contributed by atoms with Gasteiger partial charge in [-0.05, 0) is 57.0 Å². The van der Waals surface area contributed by atoms with E-state index < -0.39 is 0 Å². The first kappa shape index (κ1) is 21.4. The lowest BCUT2D eigenvalue weighted by Crippen LogP contribution is -2.26. The number of fused-ring (bicyclic) bond motifs is 1. The van der Waals surface area contributed by atoms with Crippen LogP contribution >= 0.6 is 0 Å². The van der Waals surface area contributed by atoms with Gasteiger partial charge in [0.2, 0.25) is 0 Å². The maximum Gasteiger partial charge on any atom is 0.178 e. The highest BCUT2D eigenvalue weighted by Gasteiger charge is 2.23. The molecule has 178 valence electrons. The van der Waals surface area contributed by atoms with Crippen LogP contribution in [-0.2, 0) is 0 Å². The van der Waals surface area contributed by atoms with Crippen LogP contribution in [0, 0.1) is 11.3 Å². The molecule has 1 aliphatic heterocycles. The molecular weight excluding hydrogens is 442 g/mol. The first-order valence-corrected chi connectivity index (χ1v) is 12.0. The molecule has 2 aliphatic rings. The summed E-state index contributed by atoms with van der Waals surface area (Å²) in [5.41, 5.74) is 4.73. The Morgan fingerprint density at radius 3 is 2.66 bits per heavy atom. The van der Waals surface area contributed by atoms with Crippen LogP contribution in [0.4, 0.5) is 22.9 Å². The van der Waals surface area contributed by atoms with Gasteiger partial charge in [0.25, 0.3) is 0 Å². The Hall–Kier alpha value is -4.17. The Morgan fingerprint density at radius 2 is 1.89 bits per heavy atom. The number of hydrogen-bond acceptors (Lipinski definition) is 9. The molecule has 11 nitrogen and oxygen atoms in total. The Bertz CT molecular complexity index is 1360. The molecule has 0 atom stereocenters. The van der Waals surface area contributed by atoms with E-state index in [4.69, 9.17) is 0 Å². The number of aromatic nitrogens is 6. The normalized spacial score (nSPS) is 15.9. The van der Waals surface area contributed by atoms with Crippen molar-refractivity contribution >= 4 is 28.5 Å². The minimum atomic E-state index is 0.394. The molecule has 2 fully saturated rings. The van der Waals surface area contributed by atoms with E-state index in [1.54, 1.807) is 23.4 Å². The summed E-state index contributed by atoms with van der Waals surface area (Å²) in [5, 5.41) is 32.6. The van der Waals surface area contributed by atoms with Crippen molar-refractivity contribution in [2.24, 2.45) is 0 Å². The minimum absolute atomic E-state index is 0.394. The molecule has 1 aliphatic carbocycles. The average molecular weight is 470 g/mol. The summed E-state index contributed by atoms with van der Waals surface area (Å²) in [7, 11) is 0. The molecule has 4 aromatic rings. The van der Waals surface area contributed by atoms with Crippen molar-refractivity contribution in [3.63, 3.8) is 0 Å². The van der Waals surface area contributed by atoms with Crippen molar-refractivity contribution in [1.82, 2.24) is 34.3 Å². The second-order valence-electron chi connectivity index (χ2n) is 9.05. The van der Waals surface area contributed by atoms with Crippen molar-refractivity contribution in [2.75, 3.05) is 42.1 Å². The van der Waals surface area contributed by atoms with E-state index in [2.05, 4.69) is 53.3 Å². The minimum Gasteiger partial charge on any atom is -0.382 e. The van der Waals surface area contributed by atoms with Gasteiger partial charge in [0, 0.05) is 30.9 Å². The third-order valence-electron chi connectivity index (χ3n) is 6.43. The van der Waals surface area contributed by atoms with Gasteiger partial charge in [-0.3, -0.25) is 4.57 Å². The van der Waals surface area contributed by atoms with Gasteiger partial charge in [-0.2, -0.15) is 9.78 Å². The summed E-state index contributed by atoms with van der Waals surface area (Å²) in [4.78, 5) is 6.88. The molecule has 1 saturated carbocycles. The second kappa shape index (κ2) is 9.23. The topological polar surface area (TPSA) is 124 Å². The molecule has 4 heterocycles. The quantitative estimate of drug-likeness (QED) is 0.339. The number of benzene rings is 1. The monoisotopic (exact) mass is 469 g/mol. The molecule has 35 heavy (non-hydrogen) atoms. The third-order valence-corrected chi connectivity index (χ3v) is 6.43. The van der Waals surface area contributed by atoms with Crippen LogP contribution in [0.1, 0.15) is 31.4 Å². The van der Waals surface area contributed by atoms with Crippen molar-refractivity contribution in [3.05, 3.63) is 48.8 Å². The van der Waals surface area contributed by atoms with Crippen molar-refractivity contribution in [3.8, 4) is 11.8 Å². The fourth-order valence-electron chi connectivity index (χ4n) is 4.46. The lowest BCUT2D eigenvalue weighted by Gasteiger charge is -2.18. The highest BCUT2D eigenvalue weighted by molar-refractivity contribution is 5.75. The number of rotatable bonds is 9. The molecular formula is C24H27N11. The van der Waals surface area contributed by atoms with Crippen LogP contribution in [-0.4, -0.2) is 66.5 Å². The van der Waals surface area contributed by atoms with E-state index in [0.717, 1.165) is 48.7 Å². The summed E-state index contributed by atoms with van der Waals surface area (Å²) in [6.45, 7) is 4.26. The van der Waals surface area contributed by atoms with Gasteiger partial charge in [0.15, 0.2) is 17.2 Å². The van der Waals surface area contributed by atoms with Gasteiger partial charge >= 0.3 is 0 Å². The van der Waals surface area contributed by atoms with Crippen LogP contribution in [0.2, 0.25) is 0 Å². The van der Waals surface area contributed by atoms with Gasteiger partial charge in [0.1, 0.15) is 18.7 Å². The summed E-state index contributed by atoms with van der Waals surface area (Å²) >= 11 is 0. The summed E-state index contributed by atoms with van der Waals surface area (Å²) < 4.78 is 3.48. The number of anilines is 4. The number of imidazole rings is 1. The maximum atomic E-state index is 9.49. The molecule has 11 heteroatoms. The Labute approximate surface area is 202 Å². The highest BCUT2D eigenvalue weighted by atomic mass is 15.3. The summed E-state index contributed by atoms with van der Waals surface area (Å²) in [6.07, 6.45) is 9.79. The van der Waals surface area contributed by atoms with Crippen LogP contribution in [0.3, 0.4) is 0 Å².